The van der Waals surface area contributed by atoms with Crippen molar-refractivity contribution in [2.45, 2.75) is 51.6 Å². The lowest BCUT2D eigenvalue weighted by Gasteiger charge is -2.33. The van der Waals surface area contributed by atoms with E-state index in [1.165, 1.54) is 6.54 Å². The number of rotatable bonds is 4. The van der Waals surface area contributed by atoms with Gasteiger partial charge in [-0.25, -0.2) is 0 Å². The Morgan fingerprint density at radius 1 is 1.33 bits per heavy atom. The van der Waals surface area contributed by atoms with Gasteiger partial charge in [0.15, 0.2) is 0 Å². The first kappa shape index (κ1) is 13.8. The van der Waals surface area contributed by atoms with E-state index in [0.717, 1.165) is 51.2 Å². The number of hydrogen-bond acceptors (Lipinski definition) is 3. The first-order valence-corrected chi connectivity index (χ1v) is 7.41. The first-order chi connectivity index (χ1) is 8.65. The van der Waals surface area contributed by atoms with Gasteiger partial charge in [0.2, 0.25) is 5.91 Å². The second-order valence-electron chi connectivity index (χ2n) is 6.13. The highest BCUT2D eigenvalue weighted by atomic mass is 16.2. The summed E-state index contributed by atoms with van der Waals surface area (Å²) in [7, 11) is 0. The molecular formula is C14H27N3O. The third-order valence-electron chi connectivity index (χ3n) is 3.93. The van der Waals surface area contributed by atoms with Crippen LogP contribution in [0.3, 0.4) is 0 Å². The minimum Gasteiger partial charge on any atom is -0.352 e. The Labute approximate surface area is 110 Å². The fourth-order valence-corrected chi connectivity index (χ4v) is 2.99. The van der Waals surface area contributed by atoms with Crippen LogP contribution in [-0.4, -0.2) is 49.1 Å². The number of likely N-dealkylation sites (tertiary alicyclic amines) is 1. The molecule has 0 radical (unpaired) electrons. The SMILES string of the molecule is CC(C)CN1CCC(NC(=O)C2CCCN2)CC1. The van der Waals surface area contributed by atoms with Crippen molar-refractivity contribution in [1.82, 2.24) is 15.5 Å². The van der Waals surface area contributed by atoms with E-state index in [2.05, 4.69) is 29.4 Å². The normalized spacial score (nSPS) is 26.7. The Balaban J connectivity index is 1.68. The van der Waals surface area contributed by atoms with Crippen molar-refractivity contribution >= 4 is 5.91 Å². The van der Waals surface area contributed by atoms with Crippen molar-refractivity contribution in [3.63, 3.8) is 0 Å². The van der Waals surface area contributed by atoms with Gasteiger partial charge in [0, 0.05) is 25.7 Å². The molecule has 2 rings (SSSR count). The molecule has 0 spiro atoms. The van der Waals surface area contributed by atoms with E-state index < -0.39 is 0 Å². The Morgan fingerprint density at radius 2 is 2.06 bits per heavy atom. The zero-order valence-corrected chi connectivity index (χ0v) is 11.7. The van der Waals surface area contributed by atoms with Crippen LogP contribution in [0.4, 0.5) is 0 Å². The number of carbonyl (C=O) groups excluding carboxylic acids is 1. The highest BCUT2D eigenvalue weighted by Gasteiger charge is 2.26. The number of piperidine rings is 1. The van der Waals surface area contributed by atoms with Crippen LogP contribution in [0.2, 0.25) is 0 Å². The van der Waals surface area contributed by atoms with E-state index in [9.17, 15) is 4.79 Å². The summed E-state index contributed by atoms with van der Waals surface area (Å²) >= 11 is 0. The smallest absolute Gasteiger partial charge is 0.237 e. The van der Waals surface area contributed by atoms with Gasteiger partial charge in [0.05, 0.1) is 6.04 Å². The third kappa shape index (κ3) is 3.95. The van der Waals surface area contributed by atoms with Crippen LogP contribution in [0, 0.1) is 5.92 Å². The largest absolute Gasteiger partial charge is 0.352 e. The van der Waals surface area contributed by atoms with Crippen LogP contribution in [0.1, 0.15) is 39.5 Å². The Morgan fingerprint density at radius 3 is 2.61 bits per heavy atom. The zero-order valence-electron chi connectivity index (χ0n) is 11.7. The molecule has 0 aliphatic carbocycles. The van der Waals surface area contributed by atoms with Crippen LogP contribution >= 0.6 is 0 Å². The molecule has 2 heterocycles. The van der Waals surface area contributed by atoms with Gasteiger partial charge in [-0.15, -0.1) is 0 Å². The molecule has 2 N–H and O–H groups in total. The van der Waals surface area contributed by atoms with E-state index in [1.54, 1.807) is 0 Å². The summed E-state index contributed by atoms with van der Waals surface area (Å²) in [5.41, 5.74) is 0. The molecule has 2 aliphatic rings. The molecule has 0 aromatic heterocycles. The number of nitrogens with zero attached hydrogens (tertiary/aromatic N) is 1. The van der Waals surface area contributed by atoms with Crippen molar-refractivity contribution in [2.75, 3.05) is 26.2 Å². The third-order valence-corrected chi connectivity index (χ3v) is 3.93. The molecule has 4 heteroatoms. The Kier molecular flexibility index (Phi) is 5.01. The molecule has 2 saturated heterocycles. The summed E-state index contributed by atoms with van der Waals surface area (Å²) in [5, 5.41) is 6.46. The zero-order chi connectivity index (χ0) is 13.0. The maximum atomic E-state index is 12.0. The lowest BCUT2D eigenvalue weighted by atomic mass is 10.0. The van der Waals surface area contributed by atoms with E-state index in [-0.39, 0.29) is 11.9 Å². The minimum absolute atomic E-state index is 0.0682. The molecule has 0 bridgehead atoms. The van der Waals surface area contributed by atoms with Gasteiger partial charge in [-0.2, -0.15) is 0 Å². The van der Waals surface area contributed by atoms with Crippen LogP contribution in [0.25, 0.3) is 0 Å². The Hall–Kier alpha value is -0.610. The second-order valence-corrected chi connectivity index (χ2v) is 6.13. The summed E-state index contributed by atoms with van der Waals surface area (Å²) < 4.78 is 0. The summed E-state index contributed by atoms with van der Waals surface area (Å²) in [6.07, 6.45) is 4.33. The van der Waals surface area contributed by atoms with Crippen LogP contribution in [0.15, 0.2) is 0 Å². The molecule has 0 saturated carbocycles. The highest BCUT2D eigenvalue weighted by molar-refractivity contribution is 5.82. The van der Waals surface area contributed by atoms with Crippen LogP contribution < -0.4 is 10.6 Å². The van der Waals surface area contributed by atoms with E-state index in [4.69, 9.17) is 0 Å². The fraction of sp³-hybridized carbons (Fsp3) is 0.929. The number of carbonyl (C=O) groups is 1. The van der Waals surface area contributed by atoms with Crippen LogP contribution in [0.5, 0.6) is 0 Å². The van der Waals surface area contributed by atoms with Crippen molar-refractivity contribution in [1.29, 1.82) is 0 Å². The van der Waals surface area contributed by atoms with Gasteiger partial charge >= 0.3 is 0 Å². The maximum absolute atomic E-state index is 12.0. The van der Waals surface area contributed by atoms with Gasteiger partial charge in [-0.3, -0.25) is 4.79 Å². The molecule has 104 valence electrons. The van der Waals surface area contributed by atoms with Gasteiger partial charge in [0.1, 0.15) is 0 Å². The standard InChI is InChI=1S/C14H27N3O/c1-11(2)10-17-8-5-12(6-9-17)16-14(18)13-4-3-7-15-13/h11-13,15H,3-10H2,1-2H3,(H,16,18). The quantitative estimate of drug-likeness (QED) is 0.785. The monoisotopic (exact) mass is 253 g/mol. The van der Waals surface area contributed by atoms with Crippen molar-refractivity contribution < 1.29 is 4.79 Å². The average molecular weight is 253 g/mol. The summed E-state index contributed by atoms with van der Waals surface area (Å²) in [6, 6.07) is 0.460. The van der Waals surface area contributed by atoms with Gasteiger partial charge in [0.25, 0.3) is 0 Å². The van der Waals surface area contributed by atoms with E-state index in [0.29, 0.717) is 6.04 Å². The fourth-order valence-electron chi connectivity index (χ4n) is 2.99. The molecule has 2 fully saturated rings. The van der Waals surface area contributed by atoms with Crippen LogP contribution in [-0.2, 0) is 4.79 Å². The molecular weight excluding hydrogens is 226 g/mol. The molecule has 18 heavy (non-hydrogen) atoms. The lowest BCUT2D eigenvalue weighted by molar-refractivity contribution is -0.123. The van der Waals surface area contributed by atoms with Crippen molar-refractivity contribution in [2.24, 2.45) is 5.92 Å². The lowest BCUT2D eigenvalue weighted by Crippen LogP contribution is -2.49. The van der Waals surface area contributed by atoms with Gasteiger partial charge < -0.3 is 15.5 Å². The molecule has 0 aromatic rings. The first-order valence-electron chi connectivity index (χ1n) is 7.41. The number of hydrogen-bond donors (Lipinski definition) is 2. The second kappa shape index (κ2) is 6.53. The molecule has 1 unspecified atom stereocenters. The van der Waals surface area contributed by atoms with Crippen molar-refractivity contribution in [3.8, 4) is 0 Å². The average Bonchev–Trinajstić information content (AvgIpc) is 2.84. The van der Waals surface area contributed by atoms with E-state index in [1.807, 2.05) is 0 Å². The van der Waals surface area contributed by atoms with Gasteiger partial charge in [-0.05, 0) is 38.1 Å². The maximum Gasteiger partial charge on any atom is 0.237 e. The topological polar surface area (TPSA) is 44.4 Å². The number of amides is 1. The summed E-state index contributed by atoms with van der Waals surface area (Å²) in [6.45, 7) is 8.96. The summed E-state index contributed by atoms with van der Waals surface area (Å²) in [4.78, 5) is 14.5. The molecule has 4 nitrogen and oxygen atoms in total. The van der Waals surface area contributed by atoms with Gasteiger partial charge in [-0.1, -0.05) is 13.8 Å². The molecule has 1 atom stereocenters. The van der Waals surface area contributed by atoms with E-state index >= 15 is 0 Å². The molecule has 2 aliphatic heterocycles. The molecule has 1 amide bonds. The molecule has 0 aromatic carbocycles. The number of nitrogens with one attached hydrogen (secondary N) is 2. The van der Waals surface area contributed by atoms with Crippen molar-refractivity contribution in [3.05, 3.63) is 0 Å². The minimum atomic E-state index is 0.0682. The predicted molar refractivity (Wildman–Crippen MR) is 73.5 cm³/mol. The predicted octanol–water partition coefficient (Wildman–Crippen LogP) is 0.975. The summed E-state index contributed by atoms with van der Waals surface area (Å²) in [5.74, 6) is 0.952. The Bertz CT molecular complexity index is 266. The highest BCUT2D eigenvalue weighted by Crippen LogP contribution is 2.13.